The summed E-state index contributed by atoms with van der Waals surface area (Å²) in [6.07, 6.45) is 0. The maximum atomic E-state index is 6.58. The summed E-state index contributed by atoms with van der Waals surface area (Å²) in [7, 11) is 0. The Morgan fingerprint density at radius 3 is 0.833 bits per heavy atom. The zero-order valence-corrected chi connectivity index (χ0v) is 67.4. The molecule has 28 rings (SSSR count). The fourth-order valence-corrected chi connectivity index (χ4v) is 21.6. The Kier molecular flexibility index (Phi) is 14.9. The molecule has 0 bridgehead atoms. The van der Waals surface area contributed by atoms with Gasteiger partial charge in [0.05, 0.1) is 16.4 Å². The van der Waals surface area contributed by atoms with Gasteiger partial charge in [0.25, 0.3) is 0 Å². The minimum Gasteiger partial charge on any atom is -0.456 e. The second-order valence-corrected chi connectivity index (χ2v) is 33.1. The van der Waals surface area contributed by atoms with E-state index >= 15 is 0 Å². The fourth-order valence-electron chi connectivity index (χ4n) is 21.6. The molecule has 0 saturated heterocycles. The lowest BCUT2D eigenvalue weighted by Gasteiger charge is -2.35. The maximum absolute atomic E-state index is 6.58. The van der Waals surface area contributed by atoms with E-state index in [0.29, 0.717) is 34.9 Å². The maximum Gasteiger partial charge on any atom is 0.167 e. The predicted molar refractivity (Wildman–Crippen MR) is 505 cm³/mol. The van der Waals surface area contributed by atoms with Crippen LogP contribution in [0.15, 0.2) is 418 Å². The van der Waals surface area contributed by atoms with E-state index in [1.807, 2.05) is 109 Å². The van der Waals surface area contributed by atoms with Crippen molar-refractivity contribution in [2.45, 2.75) is 10.8 Å². The first-order chi connectivity index (χ1) is 62.5. The van der Waals surface area contributed by atoms with E-state index in [1.54, 1.807) is 0 Å². The molecular formula is C116H66N6O4. The van der Waals surface area contributed by atoms with Gasteiger partial charge in [0.2, 0.25) is 0 Å². The lowest BCUT2D eigenvalue weighted by molar-refractivity contribution is 0.668. The molecular weight excluding hydrogens is 1540 g/mol. The van der Waals surface area contributed by atoms with Crippen molar-refractivity contribution in [1.82, 2.24) is 29.9 Å². The van der Waals surface area contributed by atoms with E-state index in [2.05, 4.69) is 291 Å². The van der Waals surface area contributed by atoms with E-state index in [1.165, 1.54) is 100 Å². The summed E-state index contributed by atoms with van der Waals surface area (Å²) in [6, 6.07) is 142. The summed E-state index contributed by atoms with van der Waals surface area (Å²) in [4.78, 5) is 31.9. The van der Waals surface area contributed by atoms with Gasteiger partial charge in [-0.2, -0.15) is 0 Å². The lowest BCUT2D eigenvalue weighted by Crippen LogP contribution is -2.29. The third-order valence-corrected chi connectivity index (χ3v) is 26.8. The zero-order chi connectivity index (χ0) is 82.5. The first-order valence-electron chi connectivity index (χ1n) is 42.7. The molecule has 584 valence electrons. The van der Waals surface area contributed by atoms with Crippen LogP contribution in [0.25, 0.3) is 223 Å². The lowest BCUT2D eigenvalue weighted by atomic mass is 9.66. The number of para-hydroxylation sites is 5. The average molecular weight is 1610 g/mol. The second kappa shape index (κ2) is 26.8. The van der Waals surface area contributed by atoms with Gasteiger partial charge < -0.3 is 17.7 Å². The van der Waals surface area contributed by atoms with Crippen LogP contribution in [0.4, 0.5) is 0 Å². The summed E-state index contributed by atoms with van der Waals surface area (Å²) in [5.41, 5.74) is 35.1. The molecule has 6 heterocycles. The highest BCUT2D eigenvalue weighted by atomic mass is 16.3. The van der Waals surface area contributed by atoms with Gasteiger partial charge in [-0.15, -0.1) is 0 Å². The molecule has 126 heavy (non-hydrogen) atoms. The molecule has 0 aliphatic heterocycles. The van der Waals surface area contributed by atoms with E-state index in [0.717, 1.165) is 132 Å². The van der Waals surface area contributed by atoms with Crippen LogP contribution in [0.5, 0.6) is 0 Å². The van der Waals surface area contributed by atoms with Crippen LogP contribution in [0.2, 0.25) is 0 Å². The third kappa shape index (κ3) is 9.97. The first kappa shape index (κ1) is 69.9. The number of aromatic nitrogens is 6. The quantitative estimate of drug-likeness (QED) is 0.159. The average Bonchev–Trinajstić information content (AvgIpc) is 1.52. The fraction of sp³-hybridized carbons (Fsp3) is 0.0172. The van der Waals surface area contributed by atoms with Gasteiger partial charge in [0.1, 0.15) is 44.7 Å². The van der Waals surface area contributed by atoms with Gasteiger partial charge in [0, 0.05) is 70.9 Å². The van der Waals surface area contributed by atoms with Gasteiger partial charge in [-0.25, -0.2) is 29.9 Å². The molecule has 0 saturated carbocycles. The monoisotopic (exact) mass is 1610 g/mol. The molecule has 0 radical (unpaired) electrons. The minimum atomic E-state index is -0.582. The summed E-state index contributed by atoms with van der Waals surface area (Å²) in [6.45, 7) is 0. The van der Waals surface area contributed by atoms with Crippen molar-refractivity contribution in [2.24, 2.45) is 0 Å². The normalized spacial score (nSPS) is 13.2. The van der Waals surface area contributed by atoms with E-state index in [9.17, 15) is 0 Å². The van der Waals surface area contributed by atoms with Crippen molar-refractivity contribution in [3.05, 3.63) is 445 Å². The van der Waals surface area contributed by atoms with Crippen LogP contribution in [-0.2, 0) is 10.8 Å². The van der Waals surface area contributed by atoms with Crippen LogP contribution in [-0.4, -0.2) is 29.9 Å². The molecule has 6 aromatic heterocycles. The molecule has 0 N–H and O–H groups in total. The molecule has 0 atom stereocenters. The molecule has 18 aromatic carbocycles. The molecule has 2 spiro atoms. The summed E-state index contributed by atoms with van der Waals surface area (Å²) in [5, 5.41) is 8.16. The van der Waals surface area contributed by atoms with E-state index in [4.69, 9.17) is 47.6 Å². The SMILES string of the molecule is c1ccc2c(c1)-c1ccccc1C1(c3ccccc3-2)c2ccccc2-c2cc(-c3nc(-c4ccc5c(c4)oc4ccccc45)nc(-c4cccc5oc6ccccc6c45)n3)ccc21.c1ccc2c(c1)-c1ccccc1C1(c3ccccc3-2)c2ccccc2-c2cc(-c3nc(-c4cccc5c4oc4ccccc45)nc(-c4cccc5oc6ccccc6c45)n3)ccc21. The highest BCUT2D eigenvalue weighted by Gasteiger charge is 2.52. The topological polar surface area (TPSA) is 130 Å². The van der Waals surface area contributed by atoms with Crippen molar-refractivity contribution in [3.8, 4) is 135 Å². The minimum absolute atomic E-state index is 0.534. The Morgan fingerprint density at radius 1 is 0.151 bits per heavy atom. The highest BCUT2D eigenvalue weighted by Crippen LogP contribution is 2.64. The second-order valence-electron chi connectivity index (χ2n) is 33.1. The Balaban J connectivity index is 0.000000131. The molecule has 4 aliphatic carbocycles. The summed E-state index contributed by atoms with van der Waals surface area (Å²) < 4.78 is 25.7. The molecule has 10 heteroatoms. The Bertz CT molecular complexity index is 8670. The molecule has 0 amide bonds. The third-order valence-electron chi connectivity index (χ3n) is 26.8. The number of hydrogen-bond donors (Lipinski definition) is 0. The van der Waals surface area contributed by atoms with Gasteiger partial charge >= 0.3 is 0 Å². The molecule has 4 aliphatic rings. The van der Waals surface area contributed by atoms with E-state index < -0.39 is 10.8 Å². The van der Waals surface area contributed by atoms with Crippen molar-refractivity contribution >= 4 is 87.8 Å². The van der Waals surface area contributed by atoms with Gasteiger partial charge in [0.15, 0.2) is 34.9 Å². The standard InChI is InChI=1S/2C58H33N3O2/c1-2-16-36-35(15-1)37-17-3-8-25-46(37)58(47-26-9-4-18-38(36)47)48-27-10-5-19-39(48)45-33-34(31-32-49(45)58)55-59-56(43-23-14-30-52-53(43)42-21-7-12-29-51(42)62-52)61-57(60-55)44-24-13-22-41-40-20-6-11-28-50(40)63-54(41)44;1-2-15-37-36(14-1)38-16-3-8-22-46(38)58(47-23-9-4-17-39(37)47)48-24-10-5-18-40(48)45-32-34(29-31-49(45)58)55-59-56(35-28-30-42-41-19-6-11-25-50(41)63-53(42)33-35)61-57(60-55)44-21-13-27-52-54(44)43-20-7-12-26-51(43)62-52/h2*1-33H. The zero-order valence-electron chi connectivity index (χ0n) is 67.4. The molecule has 0 unspecified atom stereocenters. The number of fused-ring (bicyclic) bond motifs is 36. The highest BCUT2D eigenvalue weighted by molar-refractivity contribution is 6.15. The van der Waals surface area contributed by atoms with Crippen LogP contribution >= 0.6 is 0 Å². The first-order valence-corrected chi connectivity index (χ1v) is 42.7. The number of furan rings is 4. The van der Waals surface area contributed by atoms with Crippen LogP contribution in [0, 0.1) is 0 Å². The van der Waals surface area contributed by atoms with Crippen molar-refractivity contribution in [3.63, 3.8) is 0 Å². The number of benzene rings is 18. The Labute approximate surface area is 721 Å². The Hall–Kier alpha value is -16.8. The van der Waals surface area contributed by atoms with Crippen molar-refractivity contribution in [2.75, 3.05) is 0 Å². The largest absolute Gasteiger partial charge is 0.456 e. The Morgan fingerprint density at radius 2 is 0.405 bits per heavy atom. The van der Waals surface area contributed by atoms with Crippen LogP contribution in [0.3, 0.4) is 0 Å². The smallest absolute Gasteiger partial charge is 0.167 e. The molecule has 0 fully saturated rings. The number of nitrogens with zero attached hydrogens (tertiary/aromatic N) is 6. The predicted octanol–water partition coefficient (Wildman–Crippen LogP) is 29.4. The van der Waals surface area contributed by atoms with Crippen LogP contribution < -0.4 is 0 Å². The molecule has 10 nitrogen and oxygen atoms in total. The van der Waals surface area contributed by atoms with Gasteiger partial charge in [-0.05, 0) is 178 Å². The molecule has 24 aromatic rings. The van der Waals surface area contributed by atoms with Gasteiger partial charge in [-0.1, -0.05) is 334 Å². The number of hydrogen-bond acceptors (Lipinski definition) is 10. The number of rotatable bonds is 6. The van der Waals surface area contributed by atoms with Crippen molar-refractivity contribution < 1.29 is 17.7 Å². The van der Waals surface area contributed by atoms with E-state index in [-0.39, 0.29) is 0 Å². The van der Waals surface area contributed by atoms with Crippen LogP contribution in [0.1, 0.15) is 44.5 Å². The summed E-state index contributed by atoms with van der Waals surface area (Å²) >= 11 is 0. The summed E-state index contributed by atoms with van der Waals surface area (Å²) in [5.74, 6) is 3.37. The van der Waals surface area contributed by atoms with Crippen molar-refractivity contribution in [1.29, 1.82) is 0 Å². The van der Waals surface area contributed by atoms with Gasteiger partial charge in [-0.3, -0.25) is 0 Å².